The molecule has 0 aliphatic carbocycles. The molecule has 0 aromatic rings. The van der Waals surface area contributed by atoms with Crippen LogP contribution in [0.5, 0.6) is 0 Å². The lowest BCUT2D eigenvalue weighted by atomic mass is 10.2. The quantitative estimate of drug-likeness (QED) is 0.590. The summed E-state index contributed by atoms with van der Waals surface area (Å²) in [5, 5.41) is 2.96. The molecule has 2 unspecified atom stereocenters. The molecule has 12 heavy (non-hydrogen) atoms. The van der Waals surface area contributed by atoms with E-state index < -0.39 is 6.10 Å². The molecule has 0 fully saturated rings. The van der Waals surface area contributed by atoms with Gasteiger partial charge < -0.3 is 15.8 Å². The number of amides is 1. The number of hydrogen-bond donors (Lipinski definition) is 2. The number of carbonyl (C=O) groups is 1. The Balaban J connectivity index is 3.77. The van der Waals surface area contributed by atoms with Crippen LogP contribution in [-0.4, -0.2) is 31.7 Å². The average Bonchev–Trinajstić information content (AvgIpc) is 2.00. The fraction of sp³-hybridized carbons (Fsp3) is 0.875. The summed E-state index contributed by atoms with van der Waals surface area (Å²) in [7, 11) is 1.84. The first-order valence-electron chi connectivity index (χ1n) is 4.21. The number of primary amides is 1. The molecule has 72 valence electrons. The lowest BCUT2D eigenvalue weighted by Crippen LogP contribution is -2.36. The molecule has 4 heteroatoms. The Hall–Kier alpha value is -0.610. The Morgan fingerprint density at radius 1 is 1.67 bits per heavy atom. The summed E-state index contributed by atoms with van der Waals surface area (Å²) in [6, 6.07) is 0. The van der Waals surface area contributed by atoms with Gasteiger partial charge in [0.25, 0.3) is 0 Å². The van der Waals surface area contributed by atoms with Crippen molar-refractivity contribution in [1.82, 2.24) is 5.32 Å². The molecule has 0 saturated carbocycles. The second-order valence-corrected chi connectivity index (χ2v) is 2.80. The zero-order chi connectivity index (χ0) is 9.56. The van der Waals surface area contributed by atoms with Gasteiger partial charge in [-0.15, -0.1) is 0 Å². The Morgan fingerprint density at radius 3 is 2.58 bits per heavy atom. The average molecular weight is 174 g/mol. The van der Waals surface area contributed by atoms with Crippen LogP contribution < -0.4 is 11.1 Å². The van der Waals surface area contributed by atoms with Crippen molar-refractivity contribution < 1.29 is 9.53 Å². The topological polar surface area (TPSA) is 64.3 Å². The van der Waals surface area contributed by atoms with E-state index in [1.165, 1.54) is 0 Å². The highest BCUT2D eigenvalue weighted by Gasteiger charge is 2.15. The highest BCUT2D eigenvalue weighted by molar-refractivity contribution is 5.78. The monoisotopic (exact) mass is 174 g/mol. The molecule has 0 rings (SSSR count). The van der Waals surface area contributed by atoms with Crippen molar-refractivity contribution >= 4 is 5.91 Å². The fourth-order valence-corrected chi connectivity index (χ4v) is 0.980. The molecule has 0 aliphatic rings. The van der Waals surface area contributed by atoms with Crippen LogP contribution >= 0.6 is 0 Å². The van der Waals surface area contributed by atoms with Gasteiger partial charge in [0.05, 0.1) is 6.10 Å². The molecule has 0 bridgehead atoms. The third-order valence-corrected chi connectivity index (χ3v) is 1.58. The minimum Gasteiger partial charge on any atom is -0.367 e. The zero-order valence-corrected chi connectivity index (χ0v) is 7.96. The van der Waals surface area contributed by atoms with Crippen LogP contribution in [0.3, 0.4) is 0 Å². The summed E-state index contributed by atoms with van der Waals surface area (Å²) in [5.74, 6) is -0.388. The van der Waals surface area contributed by atoms with Gasteiger partial charge in [0.1, 0.15) is 6.10 Å². The van der Waals surface area contributed by atoms with Crippen LogP contribution in [0.15, 0.2) is 0 Å². The van der Waals surface area contributed by atoms with Crippen molar-refractivity contribution in [2.45, 2.75) is 32.5 Å². The van der Waals surface area contributed by atoms with Crippen LogP contribution in [0.2, 0.25) is 0 Å². The molecule has 0 saturated heterocycles. The summed E-state index contributed by atoms with van der Waals surface area (Å²) in [6.45, 7) is 4.51. The predicted molar refractivity (Wildman–Crippen MR) is 47.7 cm³/mol. The zero-order valence-electron chi connectivity index (χ0n) is 7.96. The van der Waals surface area contributed by atoms with E-state index in [0.717, 1.165) is 6.54 Å². The number of ether oxygens (including phenoxy) is 1. The molecule has 0 aliphatic heterocycles. The van der Waals surface area contributed by atoms with Gasteiger partial charge in [-0.25, -0.2) is 0 Å². The Morgan fingerprint density at radius 2 is 2.25 bits per heavy atom. The van der Waals surface area contributed by atoms with Crippen molar-refractivity contribution in [3.63, 3.8) is 0 Å². The van der Waals surface area contributed by atoms with Gasteiger partial charge in [-0.1, -0.05) is 6.92 Å². The normalized spacial score (nSPS) is 15.6. The first-order valence-corrected chi connectivity index (χ1v) is 4.21. The molecule has 1 amide bonds. The second-order valence-electron chi connectivity index (χ2n) is 2.80. The number of likely N-dealkylation sites (N-methyl/N-ethyl adjacent to an activating group) is 1. The van der Waals surface area contributed by atoms with Crippen molar-refractivity contribution in [3.05, 3.63) is 0 Å². The number of carbonyl (C=O) groups excluding carboxylic acids is 1. The summed E-state index contributed by atoms with van der Waals surface area (Å²) in [4.78, 5) is 10.7. The first kappa shape index (κ1) is 11.4. The molecule has 0 spiro atoms. The fourth-order valence-electron chi connectivity index (χ4n) is 0.980. The molecular weight excluding hydrogens is 156 g/mol. The molecular formula is C8H18N2O2. The molecule has 0 heterocycles. The molecule has 0 aromatic carbocycles. The largest absolute Gasteiger partial charge is 0.367 e. The van der Waals surface area contributed by atoms with E-state index in [2.05, 4.69) is 5.32 Å². The Kier molecular flexibility index (Phi) is 5.66. The van der Waals surface area contributed by atoms with Gasteiger partial charge in [0.15, 0.2) is 0 Å². The van der Waals surface area contributed by atoms with Gasteiger partial charge in [-0.05, 0) is 20.4 Å². The van der Waals surface area contributed by atoms with E-state index in [9.17, 15) is 4.79 Å². The van der Waals surface area contributed by atoms with Crippen LogP contribution in [0.4, 0.5) is 0 Å². The van der Waals surface area contributed by atoms with Crippen molar-refractivity contribution in [2.75, 3.05) is 13.6 Å². The van der Waals surface area contributed by atoms with E-state index >= 15 is 0 Å². The van der Waals surface area contributed by atoms with Gasteiger partial charge in [0, 0.05) is 6.54 Å². The highest BCUT2D eigenvalue weighted by Crippen LogP contribution is 2.01. The van der Waals surface area contributed by atoms with E-state index in [1.807, 2.05) is 20.9 Å². The van der Waals surface area contributed by atoms with E-state index in [4.69, 9.17) is 10.5 Å². The second kappa shape index (κ2) is 5.97. The molecule has 0 radical (unpaired) electrons. The number of nitrogens with one attached hydrogen (secondary N) is 1. The lowest BCUT2D eigenvalue weighted by molar-refractivity contribution is -0.132. The first-order chi connectivity index (χ1) is 5.61. The Bertz CT molecular complexity index is 139. The SMILES string of the molecule is CCC(OC(C)CNC)C(N)=O. The summed E-state index contributed by atoms with van der Waals surface area (Å²) < 4.78 is 5.36. The summed E-state index contributed by atoms with van der Waals surface area (Å²) in [5.41, 5.74) is 5.11. The van der Waals surface area contributed by atoms with Crippen molar-refractivity contribution in [1.29, 1.82) is 0 Å². The van der Waals surface area contributed by atoms with Crippen molar-refractivity contribution in [2.24, 2.45) is 5.73 Å². The lowest BCUT2D eigenvalue weighted by Gasteiger charge is -2.18. The molecule has 0 aromatic heterocycles. The van der Waals surface area contributed by atoms with Gasteiger partial charge in [0.2, 0.25) is 5.91 Å². The maximum atomic E-state index is 10.7. The van der Waals surface area contributed by atoms with Gasteiger partial charge >= 0.3 is 0 Å². The van der Waals surface area contributed by atoms with Crippen molar-refractivity contribution in [3.8, 4) is 0 Å². The van der Waals surface area contributed by atoms with Gasteiger partial charge in [-0.3, -0.25) is 4.79 Å². The minimum absolute atomic E-state index is 0.0208. The molecule has 4 nitrogen and oxygen atoms in total. The van der Waals surface area contributed by atoms with Crippen LogP contribution in [0, 0.1) is 0 Å². The van der Waals surface area contributed by atoms with Crippen LogP contribution in [0.25, 0.3) is 0 Å². The molecule has 3 N–H and O–H groups in total. The standard InChI is InChI=1S/C8H18N2O2/c1-4-7(8(9)11)12-6(2)5-10-3/h6-7,10H,4-5H2,1-3H3,(H2,9,11). The minimum atomic E-state index is -0.451. The maximum absolute atomic E-state index is 10.7. The summed E-state index contributed by atoms with van der Waals surface area (Å²) >= 11 is 0. The van der Waals surface area contributed by atoms with E-state index in [-0.39, 0.29) is 12.0 Å². The maximum Gasteiger partial charge on any atom is 0.246 e. The molecule has 2 atom stereocenters. The summed E-state index contributed by atoms with van der Waals surface area (Å²) in [6.07, 6.45) is 0.199. The third kappa shape index (κ3) is 4.31. The number of rotatable bonds is 6. The van der Waals surface area contributed by atoms with Gasteiger partial charge in [-0.2, -0.15) is 0 Å². The third-order valence-electron chi connectivity index (χ3n) is 1.58. The predicted octanol–water partition coefficient (Wildman–Crippen LogP) is -0.125. The van der Waals surface area contributed by atoms with E-state index in [1.54, 1.807) is 0 Å². The highest BCUT2D eigenvalue weighted by atomic mass is 16.5. The smallest absolute Gasteiger partial charge is 0.246 e. The van der Waals surface area contributed by atoms with E-state index in [0.29, 0.717) is 6.42 Å². The van der Waals surface area contributed by atoms with Crippen LogP contribution in [0.1, 0.15) is 20.3 Å². The number of nitrogens with two attached hydrogens (primary N) is 1. The Labute approximate surface area is 73.5 Å². The van der Waals surface area contributed by atoms with Crippen LogP contribution in [-0.2, 0) is 9.53 Å². The number of hydrogen-bond acceptors (Lipinski definition) is 3.